The summed E-state index contributed by atoms with van der Waals surface area (Å²) in [5.74, 6) is 0.606. The number of carbonyl (C=O) groups is 1. The summed E-state index contributed by atoms with van der Waals surface area (Å²) < 4.78 is 4.91. The maximum absolute atomic E-state index is 8.00. The molecule has 4 heteroatoms. The molecule has 66 valence electrons. The Morgan fingerprint density at radius 1 is 1.33 bits per heavy atom. The Morgan fingerprint density at radius 3 is 2.33 bits per heavy atom. The Labute approximate surface area is 81.0 Å². The number of methoxy groups -OCH3 is 1. The second kappa shape index (κ2) is 5.86. The summed E-state index contributed by atoms with van der Waals surface area (Å²) >= 11 is 11.4. The Morgan fingerprint density at radius 2 is 1.92 bits per heavy atom. The molecule has 0 aliphatic heterocycles. The summed E-state index contributed by atoms with van der Waals surface area (Å²) in [5, 5.41) is 1.20. The highest BCUT2D eigenvalue weighted by atomic mass is 35.5. The maximum Gasteiger partial charge on any atom is 0.138 e. The minimum atomic E-state index is 0.576. The van der Waals surface area contributed by atoms with Crippen LogP contribution in [0.25, 0.3) is 0 Å². The standard InChI is InChI=1S/C7H6Cl2O.CH2O/c1-10-7-4-5(8)2-3-6(7)9;1-2/h2-4H,1H3;1H2. The van der Waals surface area contributed by atoms with Crippen molar-refractivity contribution in [3.8, 4) is 5.75 Å². The maximum atomic E-state index is 8.00. The zero-order valence-corrected chi connectivity index (χ0v) is 8.02. The van der Waals surface area contributed by atoms with Gasteiger partial charge in [0.1, 0.15) is 12.5 Å². The third-order valence-electron chi connectivity index (χ3n) is 1.11. The lowest BCUT2D eigenvalue weighted by atomic mass is 10.3. The van der Waals surface area contributed by atoms with Crippen LogP contribution in [-0.4, -0.2) is 13.9 Å². The largest absolute Gasteiger partial charge is 0.495 e. The van der Waals surface area contributed by atoms with Gasteiger partial charge in [-0.25, -0.2) is 0 Å². The van der Waals surface area contributed by atoms with Gasteiger partial charge in [0.15, 0.2) is 0 Å². The van der Waals surface area contributed by atoms with Crippen molar-refractivity contribution in [2.24, 2.45) is 0 Å². The molecule has 1 rings (SSSR count). The van der Waals surface area contributed by atoms with E-state index in [0.717, 1.165) is 0 Å². The number of halogens is 2. The van der Waals surface area contributed by atoms with Gasteiger partial charge in [0.2, 0.25) is 0 Å². The van der Waals surface area contributed by atoms with Gasteiger partial charge in [-0.05, 0) is 12.1 Å². The van der Waals surface area contributed by atoms with Gasteiger partial charge in [-0.3, -0.25) is 0 Å². The van der Waals surface area contributed by atoms with Crippen molar-refractivity contribution in [1.82, 2.24) is 0 Å². The molecule has 0 aliphatic rings. The third kappa shape index (κ3) is 3.11. The molecule has 1 aromatic carbocycles. The van der Waals surface area contributed by atoms with Crippen LogP contribution in [0, 0.1) is 0 Å². The third-order valence-corrected chi connectivity index (χ3v) is 1.66. The zero-order valence-electron chi connectivity index (χ0n) is 6.51. The molecule has 0 N–H and O–H groups in total. The average molecular weight is 207 g/mol. The Bertz CT molecular complexity index is 251. The summed E-state index contributed by atoms with van der Waals surface area (Å²) in [6.45, 7) is 2.00. The molecule has 1 aromatic rings. The molecule has 0 saturated carbocycles. The van der Waals surface area contributed by atoms with Crippen molar-refractivity contribution in [3.63, 3.8) is 0 Å². The monoisotopic (exact) mass is 206 g/mol. The molecule has 0 amide bonds. The molecule has 0 unspecified atom stereocenters. The second-order valence-corrected chi connectivity index (χ2v) is 2.62. The second-order valence-electron chi connectivity index (χ2n) is 1.78. The minimum Gasteiger partial charge on any atom is -0.495 e. The van der Waals surface area contributed by atoms with Crippen molar-refractivity contribution >= 4 is 30.0 Å². The highest BCUT2D eigenvalue weighted by Crippen LogP contribution is 2.26. The fourth-order valence-corrected chi connectivity index (χ4v) is 0.990. The molecule has 0 aliphatic carbocycles. The number of carbonyl (C=O) groups excluding carboxylic acids is 1. The van der Waals surface area contributed by atoms with Gasteiger partial charge in [-0.1, -0.05) is 23.2 Å². The van der Waals surface area contributed by atoms with Crippen LogP contribution in [0.5, 0.6) is 5.75 Å². The number of ether oxygens (including phenoxy) is 1. The normalized spacial score (nSPS) is 8.25. The first-order chi connectivity index (χ1) is 5.74. The lowest BCUT2D eigenvalue weighted by Gasteiger charge is -2.00. The molecule has 0 heterocycles. The summed E-state index contributed by atoms with van der Waals surface area (Å²) in [4.78, 5) is 8.00. The number of benzene rings is 1. The highest BCUT2D eigenvalue weighted by molar-refractivity contribution is 6.34. The van der Waals surface area contributed by atoms with E-state index >= 15 is 0 Å². The molecule has 12 heavy (non-hydrogen) atoms. The molecular weight excluding hydrogens is 199 g/mol. The first-order valence-electron chi connectivity index (χ1n) is 3.02. The summed E-state index contributed by atoms with van der Waals surface area (Å²) in [5.41, 5.74) is 0. The lowest BCUT2D eigenvalue weighted by molar-refractivity contribution is -0.0979. The van der Waals surface area contributed by atoms with E-state index in [-0.39, 0.29) is 0 Å². The SMILES string of the molecule is C=O.COc1cc(Cl)ccc1Cl. The van der Waals surface area contributed by atoms with E-state index < -0.39 is 0 Å². The molecule has 0 radical (unpaired) electrons. The van der Waals surface area contributed by atoms with E-state index in [2.05, 4.69) is 0 Å². The molecule has 0 fully saturated rings. The summed E-state index contributed by atoms with van der Waals surface area (Å²) in [7, 11) is 1.55. The Kier molecular flexibility index (Phi) is 5.51. The predicted octanol–water partition coefficient (Wildman–Crippen LogP) is 2.82. The van der Waals surface area contributed by atoms with E-state index in [0.29, 0.717) is 15.8 Å². The van der Waals surface area contributed by atoms with Gasteiger partial charge in [0.05, 0.1) is 12.1 Å². The zero-order chi connectivity index (χ0) is 9.56. The molecular formula is C8H8Cl2O2. The highest BCUT2D eigenvalue weighted by Gasteiger charge is 1.98. The first-order valence-corrected chi connectivity index (χ1v) is 3.77. The van der Waals surface area contributed by atoms with Gasteiger partial charge < -0.3 is 9.53 Å². The minimum absolute atomic E-state index is 0.576. The van der Waals surface area contributed by atoms with E-state index in [1.54, 1.807) is 25.3 Å². The average Bonchev–Trinajstić information content (AvgIpc) is 2.13. The number of hydrogen-bond donors (Lipinski definition) is 0. The molecule has 0 spiro atoms. The van der Waals surface area contributed by atoms with Crippen LogP contribution in [0.15, 0.2) is 18.2 Å². The smallest absolute Gasteiger partial charge is 0.138 e. The van der Waals surface area contributed by atoms with E-state index in [1.807, 2.05) is 6.79 Å². The fraction of sp³-hybridized carbons (Fsp3) is 0.125. The number of hydrogen-bond acceptors (Lipinski definition) is 2. The van der Waals surface area contributed by atoms with E-state index in [4.69, 9.17) is 32.7 Å². The van der Waals surface area contributed by atoms with Crippen LogP contribution in [0.2, 0.25) is 10.0 Å². The van der Waals surface area contributed by atoms with Crippen molar-refractivity contribution in [1.29, 1.82) is 0 Å². The number of rotatable bonds is 1. The summed E-state index contributed by atoms with van der Waals surface area (Å²) in [6, 6.07) is 5.08. The van der Waals surface area contributed by atoms with Gasteiger partial charge in [-0.2, -0.15) is 0 Å². The van der Waals surface area contributed by atoms with Crippen LogP contribution in [0.4, 0.5) is 0 Å². The van der Waals surface area contributed by atoms with Crippen molar-refractivity contribution in [2.75, 3.05) is 7.11 Å². The van der Waals surface area contributed by atoms with Crippen molar-refractivity contribution in [2.45, 2.75) is 0 Å². The van der Waals surface area contributed by atoms with Gasteiger partial charge >= 0.3 is 0 Å². The fourth-order valence-electron chi connectivity index (χ4n) is 0.634. The predicted molar refractivity (Wildman–Crippen MR) is 50.1 cm³/mol. The molecule has 2 nitrogen and oxygen atoms in total. The quantitative estimate of drug-likeness (QED) is 0.707. The van der Waals surface area contributed by atoms with Gasteiger partial charge in [0, 0.05) is 11.1 Å². The summed E-state index contributed by atoms with van der Waals surface area (Å²) in [6.07, 6.45) is 0. The van der Waals surface area contributed by atoms with Gasteiger partial charge in [0.25, 0.3) is 0 Å². The molecule has 0 atom stereocenters. The van der Waals surface area contributed by atoms with Crippen LogP contribution >= 0.6 is 23.2 Å². The van der Waals surface area contributed by atoms with Crippen molar-refractivity contribution < 1.29 is 9.53 Å². The first kappa shape index (κ1) is 11.3. The van der Waals surface area contributed by atoms with Crippen LogP contribution in [0.3, 0.4) is 0 Å². The van der Waals surface area contributed by atoms with Crippen LogP contribution in [-0.2, 0) is 4.79 Å². The lowest BCUT2D eigenvalue weighted by Crippen LogP contribution is -1.82. The Balaban J connectivity index is 0.000000561. The topological polar surface area (TPSA) is 26.3 Å². The van der Waals surface area contributed by atoms with E-state index in [9.17, 15) is 0 Å². The van der Waals surface area contributed by atoms with Gasteiger partial charge in [-0.15, -0.1) is 0 Å². The molecule has 0 saturated heterocycles. The molecule has 0 aromatic heterocycles. The van der Waals surface area contributed by atoms with Crippen LogP contribution in [0.1, 0.15) is 0 Å². The van der Waals surface area contributed by atoms with E-state index in [1.165, 1.54) is 0 Å². The van der Waals surface area contributed by atoms with Crippen LogP contribution < -0.4 is 4.74 Å². The van der Waals surface area contributed by atoms with Crippen molar-refractivity contribution in [3.05, 3.63) is 28.2 Å². The molecule has 0 bridgehead atoms. The Hall–Kier alpha value is -0.730.